The minimum Gasteiger partial charge on any atom is -0.388 e. The molecule has 0 aliphatic rings. The van der Waals surface area contributed by atoms with Crippen LogP contribution in [0.3, 0.4) is 0 Å². The van der Waals surface area contributed by atoms with E-state index in [0.29, 0.717) is 16.5 Å². The molecule has 0 amide bonds. The monoisotopic (exact) mass is 280 g/mol. The first-order valence-electron chi connectivity index (χ1n) is 5.75. The molecule has 18 heavy (non-hydrogen) atoms. The fourth-order valence-electron chi connectivity index (χ4n) is 1.93. The normalized spacial score (nSPS) is 12.4. The van der Waals surface area contributed by atoms with Crippen LogP contribution in [0.1, 0.15) is 22.8 Å². The average molecular weight is 281 g/mol. The highest BCUT2D eigenvalue weighted by molar-refractivity contribution is 6.34. The number of benzene rings is 2. The first-order chi connectivity index (χ1) is 8.56. The molecule has 0 aromatic heterocycles. The number of aryl methyl sites for hydroxylation is 1. The highest BCUT2D eigenvalue weighted by atomic mass is 35.5. The van der Waals surface area contributed by atoms with E-state index in [1.54, 1.807) is 18.2 Å². The van der Waals surface area contributed by atoms with Crippen molar-refractivity contribution >= 4 is 23.2 Å². The van der Waals surface area contributed by atoms with E-state index in [-0.39, 0.29) is 0 Å². The van der Waals surface area contributed by atoms with Crippen LogP contribution in [0.4, 0.5) is 0 Å². The summed E-state index contributed by atoms with van der Waals surface area (Å²) < 4.78 is 0. The lowest BCUT2D eigenvalue weighted by molar-refractivity contribution is 0.178. The number of rotatable bonds is 3. The Labute approximate surface area is 117 Å². The fourth-order valence-corrected chi connectivity index (χ4v) is 2.48. The Morgan fingerprint density at radius 1 is 1.06 bits per heavy atom. The largest absolute Gasteiger partial charge is 0.388 e. The molecule has 2 rings (SSSR count). The van der Waals surface area contributed by atoms with Crippen molar-refractivity contribution in [3.63, 3.8) is 0 Å². The molecule has 1 nitrogen and oxygen atoms in total. The lowest BCUT2D eigenvalue weighted by Gasteiger charge is -2.13. The van der Waals surface area contributed by atoms with E-state index in [4.69, 9.17) is 23.2 Å². The molecule has 0 aliphatic carbocycles. The second kappa shape index (κ2) is 5.75. The number of halogens is 2. The third-order valence-electron chi connectivity index (χ3n) is 2.94. The molecule has 1 atom stereocenters. The molecule has 0 bridgehead atoms. The van der Waals surface area contributed by atoms with Crippen LogP contribution < -0.4 is 0 Å². The summed E-state index contributed by atoms with van der Waals surface area (Å²) in [6, 6.07) is 13.2. The standard InChI is InChI=1S/C15H14Cl2O/c1-10-4-2-3-5-11(10)8-15(18)12-6-13(16)9-14(17)7-12/h2-7,9,15,18H,8H2,1H3. The van der Waals surface area contributed by atoms with Gasteiger partial charge in [0.05, 0.1) is 6.10 Å². The van der Waals surface area contributed by atoms with Gasteiger partial charge in [0.1, 0.15) is 0 Å². The van der Waals surface area contributed by atoms with Gasteiger partial charge in [0.2, 0.25) is 0 Å². The molecule has 3 heteroatoms. The van der Waals surface area contributed by atoms with Crippen molar-refractivity contribution in [3.05, 3.63) is 69.2 Å². The van der Waals surface area contributed by atoms with Gasteiger partial charge in [-0.3, -0.25) is 0 Å². The summed E-state index contributed by atoms with van der Waals surface area (Å²) >= 11 is 11.9. The van der Waals surface area contributed by atoms with Gasteiger partial charge < -0.3 is 5.11 Å². The molecule has 0 saturated carbocycles. The highest BCUT2D eigenvalue weighted by Gasteiger charge is 2.11. The lowest BCUT2D eigenvalue weighted by Crippen LogP contribution is -2.03. The van der Waals surface area contributed by atoms with Crippen molar-refractivity contribution in [2.75, 3.05) is 0 Å². The van der Waals surface area contributed by atoms with Crippen LogP contribution in [0.2, 0.25) is 10.0 Å². The molecule has 0 fully saturated rings. The molecular weight excluding hydrogens is 267 g/mol. The maximum absolute atomic E-state index is 10.2. The van der Waals surface area contributed by atoms with Crippen LogP contribution in [0.25, 0.3) is 0 Å². The topological polar surface area (TPSA) is 20.2 Å². The Morgan fingerprint density at radius 2 is 1.67 bits per heavy atom. The van der Waals surface area contributed by atoms with Gasteiger partial charge in [-0.2, -0.15) is 0 Å². The van der Waals surface area contributed by atoms with Crippen molar-refractivity contribution in [2.45, 2.75) is 19.4 Å². The van der Waals surface area contributed by atoms with E-state index in [0.717, 1.165) is 11.1 Å². The van der Waals surface area contributed by atoms with Crippen molar-refractivity contribution in [2.24, 2.45) is 0 Å². The van der Waals surface area contributed by atoms with Gasteiger partial charge in [-0.05, 0) is 41.8 Å². The number of aliphatic hydroxyl groups is 1. The quantitative estimate of drug-likeness (QED) is 0.873. The fraction of sp³-hybridized carbons (Fsp3) is 0.200. The minimum absolute atomic E-state index is 0.543. The Morgan fingerprint density at radius 3 is 2.28 bits per heavy atom. The summed E-state index contributed by atoms with van der Waals surface area (Å²) in [7, 11) is 0. The lowest BCUT2D eigenvalue weighted by atomic mass is 9.98. The van der Waals surface area contributed by atoms with E-state index >= 15 is 0 Å². The van der Waals surface area contributed by atoms with E-state index < -0.39 is 6.10 Å². The van der Waals surface area contributed by atoms with Crippen molar-refractivity contribution < 1.29 is 5.11 Å². The predicted octanol–water partition coefficient (Wildman–Crippen LogP) is 4.58. The van der Waals surface area contributed by atoms with E-state index in [1.807, 2.05) is 31.2 Å². The molecule has 1 unspecified atom stereocenters. The zero-order valence-electron chi connectivity index (χ0n) is 10.0. The van der Waals surface area contributed by atoms with Gasteiger partial charge in [0.25, 0.3) is 0 Å². The zero-order chi connectivity index (χ0) is 13.1. The molecular formula is C15H14Cl2O. The number of hydrogen-bond acceptors (Lipinski definition) is 1. The Kier molecular flexibility index (Phi) is 4.28. The molecule has 0 saturated heterocycles. The third-order valence-corrected chi connectivity index (χ3v) is 3.38. The average Bonchev–Trinajstić information content (AvgIpc) is 2.31. The Balaban J connectivity index is 2.22. The maximum atomic E-state index is 10.2. The SMILES string of the molecule is Cc1ccccc1CC(O)c1cc(Cl)cc(Cl)c1. The van der Waals surface area contributed by atoms with E-state index in [1.165, 1.54) is 5.56 Å². The van der Waals surface area contributed by atoms with Crippen LogP contribution in [0.15, 0.2) is 42.5 Å². The van der Waals surface area contributed by atoms with Gasteiger partial charge >= 0.3 is 0 Å². The Hall–Kier alpha value is -1.02. The molecule has 0 heterocycles. The minimum atomic E-state index is -0.595. The van der Waals surface area contributed by atoms with E-state index in [9.17, 15) is 5.11 Å². The number of hydrogen-bond donors (Lipinski definition) is 1. The maximum Gasteiger partial charge on any atom is 0.0831 e. The van der Waals surface area contributed by atoms with Gasteiger partial charge in [-0.25, -0.2) is 0 Å². The summed E-state index contributed by atoms with van der Waals surface area (Å²) in [4.78, 5) is 0. The highest BCUT2D eigenvalue weighted by Crippen LogP contribution is 2.26. The molecule has 94 valence electrons. The Bertz CT molecular complexity index is 532. The molecule has 0 spiro atoms. The smallest absolute Gasteiger partial charge is 0.0831 e. The van der Waals surface area contributed by atoms with Crippen LogP contribution in [0.5, 0.6) is 0 Å². The number of aliphatic hydroxyl groups excluding tert-OH is 1. The van der Waals surface area contributed by atoms with Gasteiger partial charge in [0.15, 0.2) is 0 Å². The van der Waals surface area contributed by atoms with E-state index in [2.05, 4.69) is 0 Å². The van der Waals surface area contributed by atoms with Crippen molar-refractivity contribution in [3.8, 4) is 0 Å². The summed E-state index contributed by atoms with van der Waals surface area (Å²) in [6.45, 7) is 2.03. The second-order valence-corrected chi connectivity index (χ2v) is 5.22. The van der Waals surface area contributed by atoms with Crippen LogP contribution in [0, 0.1) is 6.92 Å². The summed E-state index contributed by atoms with van der Waals surface area (Å²) in [5.74, 6) is 0. The van der Waals surface area contributed by atoms with Gasteiger partial charge in [-0.15, -0.1) is 0 Å². The van der Waals surface area contributed by atoms with Crippen LogP contribution in [-0.4, -0.2) is 5.11 Å². The predicted molar refractivity (Wildman–Crippen MR) is 76.3 cm³/mol. The van der Waals surface area contributed by atoms with Gasteiger partial charge in [0, 0.05) is 16.5 Å². The second-order valence-electron chi connectivity index (χ2n) is 4.35. The summed E-state index contributed by atoms with van der Waals surface area (Å²) in [6.07, 6.45) is -0.0362. The zero-order valence-corrected chi connectivity index (χ0v) is 11.5. The van der Waals surface area contributed by atoms with Crippen LogP contribution in [-0.2, 0) is 6.42 Å². The molecule has 1 N–H and O–H groups in total. The van der Waals surface area contributed by atoms with Crippen molar-refractivity contribution in [1.29, 1.82) is 0 Å². The first kappa shape index (κ1) is 13.4. The first-order valence-corrected chi connectivity index (χ1v) is 6.50. The molecule has 0 radical (unpaired) electrons. The van der Waals surface area contributed by atoms with Gasteiger partial charge in [-0.1, -0.05) is 47.5 Å². The van der Waals surface area contributed by atoms with Crippen molar-refractivity contribution in [1.82, 2.24) is 0 Å². The molecule has 2 aromatic rings. The summed E-state index contributed by atoms with van der Waals surface area (Å²) in [5, 5.41) is 11.3. The van der Waals surface area contributed by atoms with Crippen LogP contribution >= 0.6 is 23.2 Å². The molecule has 2 aromatic carbocycles. The third kappa shape index (κ3) is 3.26. The summed E-state index contributed by atoms with van der Waals surface area (Å²) in [5.41, 5.74) is 3.04. The molecule has 0 aliphatic heterocycles.